The van der Waals surface area contributed by atoms with Crippen LogP contribution in [0.15, 0.2) is 39.6 Å². The van der Waals surface area contributed by atoms with E-state index in [0.717, 1.165) is 29.9 Å². The van der Waals surface area contributed by atoms with Crippen molar-refractivity contribution >= 4 is 39.2 Å². The lowest BCUT2D eigenvalue weighted by molar-refractivity contribution is -0.130. The number of thiophene rings is 1. The summed E-state index contributed by atoms with van der Waals surface area (Å²) in [6.45, 7) is 10.1. The Morgan fingerprint density at radius 2 is 1.93 bits per heavy atom. The fourth-order valence-corrected chi connectivity index (χ4v) is 5.93. The zero-order valence-corrected chi connectivity index (χ0v) is 19.5. The van der Waals surface area contributed by atoms with E-state index in [1.807, 2.05) is 48.4 Å². The second kappa shape index (κ2) is 8.55. The minimum absolute atomic E-state index is 0.0705. The maximum atomic E-state index is 13.3. The molecule has 30 heavy (non-hydrogen) atoms. The van der Waals surface area contributed by atoms with Crippen LogP contribution in [0.5, 0.6) is 0 Å². The first-order valence-corrected chi connectivity index (χ1v) is 12.2. The van der Waals surface area contributed by atoms with Crippen molar-refractivity contribution in [2.45, 2.75) is 39.3 Å². The molecule has 1 aromatic carbocycles. The summed E-state index contributed by atoms with van der Waals surface area (Å²) in [5.74, 6) is 1.45. The van der Waals surface area contributed by atoms with Crippen molar-refractivity contribution in [1.82, 2.24) is 14.5 Å². The van der Waals surface area contributed by atoms with Crippen molar-refractivity contribution in [3.05, 3.63) is 51.1 Å². The summed E-state index contributed by atoms with van der Waals surface area (Å²) >= 11 is 2.77. The molecule has 1 aliphatic heterocycles. The highest BCUT2D eigenvalue weighted by Gasteiger charge is 2.26. The van der Waals surface area contributed by atoms with Gasteiger partial charge < -0.3 is 4.90 Å². The normalized spacial score (nSPS) is 19.4. The SMILES string of the molecule is Cc1cccc(-n2c(SCC(=O)N3C[C@H](C)C[C@H](C)C3)nc3ccsc3c2=O)c1C. The standard InChI is InChI=1S/C23H27N3O2S2/c1-14-10-15(2)12-25(11-14)20(27)13-30-23-24-18-8-9-29-21(18)22(28)26(23)19-7-5-6-16(3)17(19)4/h5-9,14-15H,10-13H2,1-4H3/t14-,15+. The molecule has 0 aliphatic carbocycles. The first kappa shape index (κ1) is 21.1. The number of aromatic nitrogens is 2. The Morgan fingerprint density at radius 3 is 2.67 bits per heavy atom. The Morgan fingerprint density at radius 1 is 1.20 bits per heavy atom. The molecule has 7 heteroatoms. The van der Waals surface area contributed by atoms with Gasteiger partial charge in [0.2, 0.25) is 5.91 Å². The highest BCUT2D eigenvalue weighted by molar-refractivity contribution is 7.99. The van der Waals surface area contributed by atoms with Gasteiger partial charge in [-0.1, -0.05) is 37.7 Å². The molecule has 1 amide bonds. The summed E-state index contributed by atoms with van der Waals surface area (Å²) in [4.78, 5) is 33.0. The molecule has 0 N–H and O–H groups in total. The molecule has 0 bridgehead atoms. The van der Waals surface area contributed by atoms with Crippen molar-refractivity contribution in [2.24, 2.45) is 11.8 Å². The van der Waals surface area contributed by atoms with Crippen LogP contribution >= 0.6 is 23.1 Å². The van der Waals surface area contributed by atoms with Crippen LogP contribution in [-0.2, 0) is 4.79 Å². The number of piperidine rings is 1. The number of aryl methyl sites for hydroxylation is 1. The molecular weight excluding hydrogens is 414 g/mol. The zero-order valence-electron chi connectivity index (χ0n) is 17.8. The van der Waals surface area contributed by atoms with E-state index in [4.69, 9.17) is 4.98 Å². The lowest BCUT2D eigenvalue weighted by Crippen LogP contribution is -2.43. The molecule has 0 spiro atoms. The molecule has 0 unspecified atom stereocenters. The molecule has 4 rings (SSSR count). The lowest BCUT2D eigenvalue weighted by Gasteiger charge is -2.35. The summed E-state index contributed by atoms with van der Waals surface area (Å²) in [6.07, 6.45) is 1.17. The molecule has 2 aromatic heterocycles. The Hall–Kier alpha value is -2.12. The average Bonchev–Trinajstić information content (AvgIpc) is 3.17. The number of fused-ring (bicyclic) bond motifs is 1. The predicted octanol–water partition coefficient (Wildman–Crippen LogP) is 4.66. The van der Waals surface area contributed by atoms with Gasteiger partial charge in [0.1, 0.15) is 4.70 Å². The summed E-state index contributed by atoms with van der Waals surface area (Å²) < 4.78 is 2.32. The third-order valence-corrected chi connectivity index (χ3v) is 7.63. The number of nitrogens with zero attached hydrogens (tertiary/aromatic N) is 3. The van der Waals surface area contributed by atoms with E-state index in [2.05, 4.69) is 13.8 Å². The molecule has 158 valence electrons. The topological polar surface area (TPSA) is 55.2 Å². The number of rotatable bonds is 4. The van der Waals surface area contributed by atoms with Gasteiger partial charge in [0.05, 0.1) is 17.0 Å². The highest BCUT2D eigenvalue weighted by Crippen LogP contribution is 2.27. The number of likely N-dealkylation sites (tertiary alicyclic amines) is 1. The van der Waals surface area contributed by atoms with Gasteiger partial charge in [0, 0.05) is 13.1 Å². The van der Waals surface area contributed by atoms with E-state index in [1.54, 1.807) is 4.57 Å². The van der Waals surface area contributed by atoms with Crippen LogP contribution in [0, 0.1) is 25.7 Å². The largest absolute Gasteiger partial charge is 0.341 e. The molecule has 2 atom stereocenters. The molecule has 0 saturated carbocycles. The second-order valence-corrected chi connectivity index (χ2v) is 10.3. The van der Waals surface area contributed by atoms with Gasteiger partial charge in [-0.05, 0) is 60.7 Å². The first-order valence-electron chi connectivity index (χ1n) is 10.3. The predicted molar refractivity (Wildman–Crippen MR) is 125 cm³/mol. The number of benzene rings is 1. The third-order valence-electron chi connectivity index (χ3n) is 5.81. The number of hydrogen-bond donors (Lipinski definition) is 0. The number of hydrogen-bond acceptors (Lipinski definition) is 5. The molecule has 3 aromatic rings. The van der Waals surface area contributed by atoms with Crippen LogP contribution in [0.25, 0.3) is 15.9 Å². The number of thioether (sulfide) groups is 1. The minimum Gasteiger partial charge on any atom is -0.341 e. The fraction of sp³-hybridized carbons (Fsp3) is 0.435. The molecule has 0 radical (unpaired) electrons. The van der Waals surface area contributed by atoms with Crippen molar-refractivity contribution in [3.63, 3.8) is 0 Å². The summed E-state index contributed by atoms with van der Waals surface area (Å²) in [5, 5.41) is 2.47. The lowest BCUT2D eigenvalue weighted by atomic mass is 9.92. The highest BCUT2D eigenvalue weighted by atomic mass is 32.2. The maximum absolute atomic E-state index is 13.3. The van der Waals surface area contributed by atoms with Gasteiger partial charge in [-0.25, -0.2) is 4.98 Å². The van der Waals surface area contributed by atoms with Crippen molar-refractivity contribution in [3.8, 4) is 5.69 Å². The number of carbonyl (C=O) groups excluding carboxylic acids is 1. The maximum Gasteiger partial charge on any atom is 0.276 e. The van der Waals surface area contributed by atoms with Crippen molar-refractivity contribution in [2.75, 3.05) is 18.8 Å². The Balaban J connectivity index is 1.69. The van der Waals surface area contributed by atoms with Gasteiger partial charge in [-0.15, -0.1) is 11.3 Å². The van der Waals surface area contributed by atoms with Crippen molar-refractivity contribution in [1.29, 1.82) is 0 Å². The van der Waals surface area contributed by atoms with Crippen LogP contribution in [0.4, 0.5) is 0 Å². The first-order chi connectivity index (χ1) is 14.3. The summed E-state index contributed by atoms with van der Waals surface area (Å²) in [5.41, 5.74) is 3.62. The zero-order chi connectivity index (χ0) is 21.4. The third kappa shape index (κ3) is 4.05. The molecule has 1 fully saturated rings. The van der Waals surface area contributed by atoms with Gasteiger partial charge in [-0.3, -0.25) is 14.2 Å². The molecule has 3 heterocycles. The van der Waals surface area contributed by atoms with E-state index in [1.165, 1.54) is 29.5 Å². The molecule has 1 saturated heterocycles. The van der Waals surface area contributed by atoms with Gasteiger partial charge in [-0.2, -0.15) is 0 Å². The fourth-order valence-electron chi connectivity index (χ4n) is 4.26. The van der Waals surface area contributed by atoms with E-state index in [9.17, 15) is 9.59 Å². The van der Waals surface area contributed by atoms with E-state index in [0.29, 0.717) is 27.2 Å². The summed E-state index contributed by atoms with van der Waals surface area (Å²) in [7, 11) is 0. The van der Waals surface area contributed by atoms with E-state index < -0.39 is 0 Å². The van der Waals surface area contributed by atoms with Crippen LogP contribution in [-0.4, -0.2) is 39.2 Å². The average molecular weight is 442 g/mol. The molecule has 5 nitrogen and oxygen atoms in total. The molecular formula is C23H27N3O2S2. The smallest absolute Gasteiger partial charge is 0.276 e. The van der Waals surface area contributed by atoms with Gasteiger partial charge >= 0.3 is 0 Å². The van der Waals surface area contributed by atoms with E-state index >= 15 is 0 Å². The minimum atomic E-state index is -0.0705. The van der Waals surface area contributed by atoms with E-state index in [-0.39, 0.29) is 17.2 Å². The number of carbonyl (C=O) groups is 1. The second-order valence-electron chi connectivity index (χ2n) is 8.42. The van der Waals surface area contributed by atoms with Crippen LogP contribution < -0.4 is 5.56 Å². The Kier molecular flexibility index (Phi) is 6.02. The monoisotopic (exact) mass is 441 g/mol. The van der Waals surface area contributed by atoms with Crippen molar-refractivity contribution < 1.29 is 4.79 Å². The molecule has 1 aliphatic rings. The quantitative estimate of drug-likeness (QED) is 0.436. The van der Waals surface area contributed by atoms with Crippen LogP contribution in [0.1, 0.15) is 31.4 Å². The van der Waals surface area contributed by atoms with Gasteiger partial charge in [0.25, 0.3) is 5.56 Å². The Labute approximate surface area is 185 Å². The Bertz CT molecular complexity index is 1140. The number of amides is 1. The van der Waals surface area contributed by atoms with Crippen LogP contribution in [0.3, 0.4) is 0 Å². The van der Waals surface area contributed by atoms with Crippen LogP contribution in [0.2, 0.25) is 0 Å². The van der Waals surface area contributed by atoms with Gasteiger partial charge in [0.15, 0.2) is 5.16 Å². The summed E-state index contributed by atoms with van der Waals surface area (Å²) in [6, 6.07) is 7.81.